The second-order valence-electron chi connectivity index (χ2n) is 6.88. The van der Waals surface area contributed by atoms with E-state index in [4.69, 9.17) is 9.47 Å². The minimum atomic E-state index is -3.69. The normalized spacial score (nSPS) is 13.8. The Kier molecular flexibility index (Phi) is 4.96. The summed E-state index contributed by atoms with van der Waals surface area (Å²) in [5.74, 6) is 0.121. The number of hydrogen-bond acceptors (Lipinski definition) is 9. The molecule has 1 amide bonds. The van der Waals surface area contributed by atoms with Crippen LogP contribution in [0.15, 0.2) is 29.6 Å². The fourth-order valence-electron chi connectivity index (χ4n) is 3.22. The number of rotatable bonds is 6. The molecule has 0 aliphatic carbocycles. The van der Waals surface area contributed by atoms with Gasteiger partial charge in [0, 0.05) is 29.3 Å². The van der Waals surface area contributed by atoms with E-state index in [9.17, 15) is 13.6 Å². The van der Waals surface area contributed by atoms with Crippen molar-refractivity contribution in [2.75, 3.05) is 19.5 Å². The third-order valence-corrected chi connectivity index (χ3v) is 5.48. The first kappa shape index (κ1) is 20.9. The number of amides is 1. The van der Waals surface area contributed by atoms with Crippen LogP contribution < -0.4 is 24.3 Å². The van der Waals surface area contributed by atoms with Gasteiger partial charge < -0.3 is 29.2 Å². The third-order valence-electron chi connectivity index (χ3n) is 4.63. The Bertz CT molecular complexity index is 1310. The average molecular weight is 475 g/mol. The highest BCUT2D eigenvalue weighted by Gasteiger charge is 2.43. The quantitative estimate of drug-likeness (QED) is 0.434. The number of fused-ring (bicyclic) bond motifs is 2. The molecule has 0 unspecified atom stereocenters. The molecule has 1 aromatic carbocycles. The van der Waals surface area contributed by atoms with Crippen LogP contribution in [0.5, 0.6) is 23.4 Å². The lowest BCUT2D eigenvalue weighted by molar-refractivity contribution is -0.286. The smallest absolute Gasteiger partial charge is 0.481 e. The second-order valence-corrected chi connectivity index (χ2v) is 7.83. The second kappa shape index (κ2) is 7.85. The van der Waals surface area contributed by atoms with Crippen molar-refractivity contribution in [3.8, 4) is 23.4 Å². The maximum atomic E-state index is 13.2. The number of aromatic nitrogens is 4. The Labute approximate surface area is 188 Å². The Morgan fingerprint density at radius 3 is 2.67 bits per heavy atom. The zero-order chi connectivity index (χ0) is 23.2. The fourth-order valence-corrected chi connectivity index (χ4v) is 4.01. The number of carbonyl (C=O) groups is 1. The van der Waals surface area contributed by atoms with E-state index in [-0.39, 0.29) is 23.2 Å². The van der Waals surface area contributed by atoms with E-state index in [2.05, 4.69) is 34.7 Å². The number of hydrogen-bond donors (Lipinski definition) is 2. The molecule has 4 heterocycles. The van der Waals surface area contributed by atoms with Gasteiger partial charge >= 0.3 is 12.3 Å². The van der Waals surface area contributed by atoms with Gasteiger partial charge in [0.1, 0.15) is 11.5 Å². The van der Waals surface area contributed by atoms with Crippen molar-refractivity contribution in [2.24, 2.45) is 0 Å². The van der Waals surface area contributed by atoms with Crippen LogP contribution in [-0.2, 0) is 6.42 Å². The number of benzene rings is 1. The number of H-pyrrole nitrogens is 1. The number of methoxy groups -OCH3 is 2. The Hall–Kier alpha value is -4.00. The molecular formula is C20H15F2N5O5S. The molecule has 2 N–H and O–H groups in total. The van der Waals surface area contributed by atoms with Gasteiger partial charge in [0.05, 0.1) is 30.4 Å². The maximum absolute atomic E-state index is 13.2. The van der Waals surface area contributed by atoms with Crippen molar-refractivity contribution < 1.29 is 32.5 Å². The number of nitrogens with zero attached hydrogens (tertiary/aromatic N) is 3. The van der Waals surface area contributed by atoms with Crippen LogP contribution in [0.3, 0.4) is 0 Å². The van der Waals surface area contributed by atoms with E-state index >= 15 is 0 Å². The Balaban J connectivity index is 1.30. The van der Waals surface area contributed by atoms with Crippen LogP contribution in [0.25, 0.3) is 10.9 Å². The van der Waals surface area contributed by atoms with Crippen LogP contribution in [0.4, 0.5) is 14.6 Å². The van der Waals surface area contributed by atoms with Crippen LogP contribution in [-0.4, -0.2) is 46.4 Å². The SMILES string of the molecule is COc1cc(Cc2nc(C(=O)Nc3cc4cc5c(cc4[nH]3)OC(F)(F)O5)cs2)nc(OC)n1. The van der Waals surface area contributed by atoms with Crippen molar-refractivity contribution in [3.05, 3.63) is 46.0 Å². The first-order valence-electron chi connectivity index (χ1n) is 9.46. The van der Waals surface area contributed by atoms with Crippen molar-refractivity contribution in [1.82, 2.24) is 19.9 Å². The Morgan fingerprint density at radius 1 is 1.12 bits per heavy atom. The van der Waals surface area contributed by atoms with Gasteiger partial charge in [0.2, 0.25) is 5.88 Å². The molecule has 0 spiro atoms. The van der Waals surface area contributed by atoms with Crippen molar-refractivity contribution in [1.29, 1.82) is 0 Å². The molecule has 1 aliphatic heterocycles. The molecule has 10 nitrogen and oxygen atoms in total. The lowest BCUT2D eigenvalue weighted by Crippen LogP contribution is -2.25. The summed E-state index contributed by atoms with van der Waals surface area (Å²) in [6.07, 6.45) is -3.34. The maximum Gasteiger partial charge on any atom is 0.586 e. The average Bonchev–Trinajstić information content (AvgIpc) is 3.46. The molecule has 170 valence electrons. The summed E-state index contributed by atoms with van der Waals surface area (Å²) < 4.78 is 45.5. The fraction of sp³-hybridized carbons (Fsp3) is 0.200. The molecule has 5 rings (SSSR count). The van der Waals surface area contributed by atoms with Crippen LogP contribution in [0.2, 0.25) is 0 Å². The van der Waals surface area contributed by atoms with Gasteiger partial charge in [-0.15, -0.1) is 20.1 Å². The van der Waals surface area contributed by atoms with Crippen LogP contribution >= 0.6 is 11.3 Å². The van der Waals surface area contributed by atoms with E-state index in [1.165, 1.54) is 37.7 Å². The number of aromatic amines is 1. The van der Waals surface area contributed by atoms with Crippen LogP contribution in [0.1, 0.15) is 21.2 Å². The molecule has 13 heteroatoms. The largest absolute Gasteiger partial charge is 0.586 e. The zero-order valence-electron chi connectivity index (χ0n) is 17.1. The van der Waals surface area contributed by atoms with E-state index in [0.717, 1.165) is 0 Å². The lowest BCUT2D eigenvalue weighted by atomic mass is 10.2. The summed E-state index contributed by atoms with van der Waals surface area (Å²) >= 11 is 1.30. The molecule has 0 bridgehead atoms. The van der Waals surface area contributed by atoms with E-state index in [0.29, 0.717) is 39.7 Å². The monoisotopic (exact) mass is 475 g/mol. The predicted octanol–water partition coefficient (Wildman–Crippen LogP) is 3.60. The van der Waals surface area contributed by atoms with Crippen molar-refractivity contribution in [2.45, 2.75) is 12.7 Å². The lowest BCUT2D eigenvalue weighted by Gasteiger charge is -2.04. The van der Waals surface area contributed by atoms with Gasteiger partial charge in [-0.1, -0.05) is 0 Å². The molecule has 0 saturated carbocycles. The third kappa shape index (κ3) is 4.22. The number of thiazole rings is 1. The zero-order valence-corrected chi connectivity index (χ0v) is 18.0. The molecule has 0 radical (unpaired) electrons. The highest BCUT2D eigenvalue weighted by atomic mass is 32.1. The molecule has 33 heavy (non-hydrogen) atoms. The molecule has 0 atom stereocenters. The van der Waals surface area contributed by atoms with E-state index in [1.807, 2.05) is 0 Å². The highest BCUT2D eigenvalue weighted by molar-refractivity contribution is 7.09. The number of anilines is 1. The molecule has 0 fully saturated rings. The number of nitrogens with one attached hydrogen (secondary N) is 2. The van der Waals surface area contributed by atoms with Gasteiger partial charge in [-0.25, -0.2) is 4.98 Å². The summed E-state index contributed by atoms with van der Waals surface area (Å²) in [5, 5.41) is 5.56. The molecule has 3 aromatic heterocycles. The minimum Gasteiger partial charge on any atom is -0.481 e. The number of carbonyl (C=O) groups excluding carboxylic acids is 1. The highest BCUT2D eigenvalue weighted by Crippen LogP contribution is 2.43. The summed E-state index contributed by atoms with van der Waals surface area (Å²) in [7, 11) is 2.95. The van der Waals surface area contributed by atoms with Crippen LogP contribution in [0, 0.1) is 0 Å². The molecule has 4 aromatic rings. The molecular weight excluding hydrogens is 460 g/mol. The standard InChI is InChI=1S/C20H15F2N5O5S/c1-29-16-5-10(23-19(27-16)30-2)6-17-25-12(8-33-17)18(28)26-15-4-9-3-13-14(7-11(9)24-15)32-20(21,22)31-13/h3-5,7-8,24H,6H2,1-2H3,(H,26,28). The number of halogens is 2. The topological polar surface area (TPSA) is 120 Å². The van der Waals surface area contributed by atoms with Crippen molar-refractivity contribution in [3.63, 3.8) is 0 Å². The summed E-state index contributed by atoms with van der Waals surface area (Å²) in [6, 6.07) is 6.22. The summed E-state index contributed by atoms with van der Waals surface area (Å²) in [6.45, 7) is 0. The van der Waals surface area contributed by atoms with Gasteiger partial charge in [0.15, 0.2) is 11.5 Å². The minimum absolute atomic E-state index is 0.0773. The molecule has 1 aliphatic rings. The first-order valence-corrected chi connectivity index (χ1v) is 10.3. The molecule has 0 saturated heterocycles. The summed E-state index contributed by atoms with van der Waals surface area (Å²) in [4.78, 5) is 28.2. The first-order chi connectivity index (χ1) is 15.8. The number of alkyl halides is 2. The van der Waals surface area contributed by atoms with Gasteiger partial charge in [-0.05, 0) is 12.1 Å². The van der Waals surface area contributed by atoms with E-state index in [1.54, 1.807) is 17.5 Å². The summed E-state index contributed by atoms with van der Waals surface area (Å²) in [5.41, 5.74) is 1.34. The van der Waals surface area contributed by atoms with E-state index < -0.39 is 12.2 Å². The van der Waals surface area contributed by atoms with Gasteiger partial charge in [-0.2, -0.15) is 9.97 Å². The Morgan fingerprint density at radius 2 is 1.91 bits per heavy atom. The number of ether oxygens (including phenoxy) is 4. The van der Waals surface area contributed by atoms with Gasteiger partial charge in [-0.3, -0.25) is 4.79 Å². The van der Waals surface area contributed by atoms with Crippen molar-refractivity contribution >= 4 is 34.0 Å². The predicted molar refractivity (Wildman–Crippen MR) is 113 cm³/mol. The van der Waals surface area contributed by atoms with Gasteiger partial charge in [0.25, 0.3) is 5.91 Å².